The molecule has 1 N–H and O–H groups in total. The Balaban J connectivity index is 1.68. The van der Waals surface area contributed by atoms with Crippen LogP contribution in [0.5, 0.6) is 5.75 Å². The highest BCUT2D eigenvalue weighted by molar-refractivity contribution is 5.68. The van der Waals surface area contributed by atoms with Crippen molar-refractivity contribution in [3.05, 3.63) is 65.2 Å². The molecular formula is C19H20O3. The second-order valence-electron chi connectivity index (χ2n) is 5.91. The van der Waals surface area contributed by atoms with E-state index in [-0.39, 0.29) is 18.4 Å². The van der Waals surface area contributed by atoms with E-state index in [9.17, 15) is 4.79 Å². The number of hydrogen-bond donors (Lipinski definition) is 1. The Hall–Kier alpha value is -2.29. The maximum Gasteiger partial charge on any atom is 0.303 e. The van der Waals surface area contributed by atoms with Gasteiger partial charge in [0, 0.05) is 0 Å². The highest BCUT2D eigenvalue weighted by atomic mass is 16.5. The summed E-state index contributed by atoms with van der Waals surface area (Å²) in [4.78, 5) is 10.8. The smallest absolute Gasteiger partial charge is 0.303 e. The number of aryl methyl sites for hydroxylation is 1. The molecule has 0 spiro atoms. The van der Waals surface area contributed by atoms with Crippen LogP contribution in [0.2, 0.25) is 0 Å². The number of hydrogen-bond acceptors (Lipinski definition) is 2. The van der Waals surface area contributed by atoms with Crippen LogP contribution in [0.4, 0.5) is 0 Å². The van der Waals surface area contributed by atoms with Crippen molar-refractivity contribution in [1.82, 2.24) is 0 Å². The third-order valence-corrected chi connectivity index (χ3v) is 4.29. The van der Waals surface area contributed by atoms with Gasteiger partial charge in [-0.15, -0.1) is 0 Å². The van der Waals surface area contributed by atoms with Gasteiger partial charge in [0.05, 0.1) is 6.42 Å². The second-order valence-corrected chi connectivity index (χ2v) is 5.91. The number of aliphatic carboxylic acids is 1. The maximum absolute atomic E-state index is 10.8. The van der Waals surface area contributed by atoms with Crippen molar-refractivity contribution >= 4 is 5.97 Å². The lowest BCUT2D eigenvalue weighted by Crippen LogP contribution is -2.04. The number of carbonyl (C=O) groups is 1. The van der Waals surface area contributed by atoms with Crippen LogP contribution in [0.25, 0.3) is 0 Å². The predicted octanol–water partition coefficient (Wildman–Crippen LogP) is 4.33. The Kier molecular flexibility index (Phi) is 4.14. The normalized spacial score (nSPS) is 17.8. The molecule has 1 aliphatic rings. The zero-order valence-corrected chi connectivity index (χ0v) is 12.7. The third-order valence-electron chi connectivity index (χ3n) is 4.29. The topological polar surface area (TPSA) is 46.5 Å². The Labute approximate surface area is 130 Å². The fourth-order valence-electron chi connectivity index (χ4n) is 3.06. The molecule has 0 aliphatic heterocycles. The summed E-state index contributed by atoms with van der Waals surface area (Å²) in [6.45, 7) is 1.93. The summed E-state index contributed by atoms with van der Waals surface area (Å²) in [5.74, 6) is 0.0853. The molecule has 0 saturated carbocycles. The average molecular weight is 296 g/mol. The molecule has 3 nitrogen and oxygen atoms in total. The molecule has 0 aromatic heterocycles. The Morgan fingerprint density at radius 1 is 1.23 bits per heavy atom. The van der Waals surface area contributed by atoms with Gasteiger partial charge in [-0.05, 0) is 47.6 Å². The minimum atomic E-state index is -0.768. The molecule has 3 rings (SSSR count). The first-order valence-corrected chi connectivity index (χ1v) is 7.69. The second kappa shape index (κ2) is 6.22. The fraction of sp³-hybridized carbons (Fsp3) is 0.316. The molecule has 22 heavy (non-hydrogen) atoms. The van der Waals surface area contributed by atoms with Crippen molar-refractivity contribution in [2.45, 2.75) is 38.2 Å². The van der Waals surface area contributed by atoms with E-state index in [1.165, 1.54) is 11.1 Å². The van der Waals surface area contributed by atoms with Crippen molar-refractivity contribution in [1.29, 1.82) is 0 Å². The van der Waals surface area contributed by atoms with Crippen LogP contribution in [0.15, 0.2) is 48.5 Å². The lowest BCUT2D eigenvalue weighted by Gasteiger charge is -2.16. The number of ether oxygens (including phenoxy) is 1. The van der Waals surface area contributed by atoms with E-state index in [0.29, 0.717) is 0 Å². The predicted molar refractivity (Wildman–Crippen MR) is 85.2 cm³/mol. The number of benzene rings is 2. The minimum Gasteiger partial charge on any atom is -0.486 e. The summed E-state index contributed by atoms with van der Waals surface area (Å²) < 4.78 is 6.10. The van der Waals surface area contributed by atoms with E-state index in [1.807, 2.05) is 31.2 Å². The van der Waals surface area contributed by atoms with Gasteiger partial charge < -0.3 is 9.84 Å². The molecule has 114 valence electrons. The molecule has 3 heteroatoms. The van der Waals surface area contributed by atoms with E-state index in [0.717, 1.165) is 24.2 Å². The summed E-state index contributed by atoms with van der Waals surface area (Å²) in [5.41, 5.74) is 3.69. The van der Waals surface area contributed by atoms with Crippen LogP contribution >= 0.6 is 0 Å². The van der Waals surface area contributed by atoms with Gasteiger partial charge in [-0.25, -0.2) is 0 Å². The van der Waals surface area contributed by atoms with Crippen molar-refractivity contribution in [2.24, 2.45) is 0 Å². The summed E-state index contributed by atoms with van der Waals surface area (Å²) in [6.07, 6.45) is 2.35. The van der Waals surface area contributed by atoms with Crippen molar-refractivity contribution < 1.29 is 14.6 Å². The first-order valence-electron chi connectivity index (χ1n) is 7.69. The average Bonchev–Trinajstić information content (AvgIpc) is 2.91. The van der Waals surface area contributed by atoms with Crippen LogP contribution in [-0.4, -0.2) is 11.1 Å². The van der Waals surface area contributed by atoms with Crippen LogP contribution in [-0.2, 0) is 11.2 Å². The molecule has 0 amide bonds. The quantitative estimate of drug-likeness (QED) is 0.893. The zero-order chi connectivity index (χ0) is 15.5. The van der Waals surface area contributed by atoms with Gasteiger partial charge in [-0.2, -0.15) is 0 Å². The maximum atomic E-state index is 10.8. The summed E-state index contributed by atoms with van der Waals surface area (Å²) in [5, 5.41) is 8.86. The van der Waals surface area contributed by atoms with Crippen molar-refractivity contribution in [3.8, 4) is 5.75 Å². The number of carboxylic acids is 1. The first-order chi connectivity index (χ1) is 10.6. The van der Waals surface area contributed by atoms with E-state index in [4.69, 9.17) is 9.84 Å². The molecule has 0 fully saturated rings. The fourth-order valence-corrected chi connectivity index (χ4v) is 3.06. The monoisotopic (exact) mass is 296 g/mol. The van der Waals surface area contributed by atoms with Gasteiger partial charge in [0.25, 0.3) is 0 Å². The largest absolute Gasteiger partial charge is 0.486 e. The summed E-state index contributed by atoms with van der Waals surface area (Å²) in [7, 11) is 0. The summed E-state index contributed by atoms with van der Waals surface area (Å²) in [6, 6.07) is 16.2. The minimum absolute atomic E-state index is 0.0127. The molecule has 2 aromatic rings. The molecule has 1 unspecified atom stereocenters. The molecule has 0 saturated heterocycles. The SMILES string of the molecule is C[C@H](CC(=O)O)c1ccc(OC2CCc3ccccc32)cc1. The molecule has 0 bridgehead atoms. The lowest BCUT2D eigenvalue weighted by molar-refractivity contribution is -0.137. The first kappa shape index (κ1) is 14.6. The highest BCUT2D eigenvalue weighted by Crippen LogP contribution is 2.35. The van der Waals surface area contributed by atoms with Gasteiger partial charge in [0.2, 0.25) is 0 Å². The zero-order valence-electron chi connectivity index (χ0n) is 12.7. The Morgan fingerprint density at radius 2 is 1.95 bits per heavy atom. The van der Waals surface area contributed by atoms with E-state index in [2.05, 4.69) is 24.3 Å². The van der Waals surface area contributed by atoms with Gasteiger partial charge >= 0.3 is 5.97 Å². The van der Waals surface area contributed by atoms with Crippen LogP contribution < -0.4 is 4.74 Å². The molecule has 0 radical (unpaired) electrons. The number of rotatable bonds is 5. The Bertz CT molecular complexity index is 661. The number of fused-ring (bicyclic) bond motifs is 1. The van der Waals surface area contributed by atoms with Crippen LogP contribution in [0.3, 0.4) is 0 Å². The van der Waals surface area contributed by atoms with Gasteiger partial charge in [-0.3, -0.25) is 4.79 Å². The van der Waals surface area contributed by atoms with E-state index < -0.39 is 5.97 Å². The van der Waals surface area contributed by atoms with Gasteiger partial charge in [0.1, 0.15) is 11.9 Å². The third kappa shape index (κ3) is 3.14. The van der Waals surface area contributed by atoms with Crippen LogP contribution in [0, 0.1) is 0 Å². The lowest BCUT2D eigenvalue weighted by atomic mass is 9.98. The van der Waals surface area contributed by atoms with Crippen molar-refractivity contribution in [2.75, 3.05) is 0 Å². The standard InChI is InChI=1S/C19H20O3/c1-13(12-19(20)21)14-6-9-16(10-7-14)22-18-11-8-15-4-2-3-5-17(15)18/h2-7,9-10,13,18H,8,11-12H2,1H3,(H,20,21)/t13-,18?/m1/s1. The van der Waals surface area contributed by atoms with E-state index in [1.54, 1.807) is 0 Å². The highest BCUT2D eigenvalue weighted by Gasteiger charge is 2.23. The van der Waals surface area contributed by atoms with Gasteiger partial charge in [0.15, 0.2) is 0 Å². The molecule has 2 atom stereocenters. The van der Waals surface area contributed by atoms with E-state index >= 15 is 0 Å². The molecule has 0 heterocycles. The van der Waals surface area contributed by atoms with Crippen LogP contribution in [0.1, 0.15) is 48.5 Å². The summed E-state index contributed by atoms with van der Waals surface area (Å²) >= 11 is 0. The Morgan fingerprint density at radius 3 is 2.68 bits per heavy atom. The molecular weight excluding hydrogens is 276 g/mol. The molecule has 1 aliphatic carbocycles. The van der Waals surface area contributed by atoms with Crippen molar-refractivity contribution in [3.63, 3.8) is 0 Å². The number of carboxylic acid groups (broad SMARTS) is 1. The van der Waals surface area contributed by atoms with Gasteiger partial charge in [-0.1, -0.05) is 43.3 Å². The molecule has 2 aromatic carbocycles.